The third-order valence-electron chi connectivity index (χ3n) is 3.78. The first kappa shape index (κ1) is 19.7. The summed E-state index contributed by atoms with van der Waals surface area (Å²) in [6, 6.07) is 6.59. The van der Waals surface area contributed by atoms with Gasteiger partial charge in [-0.2, -0.15) is 0 Å². The Morgan fingerprint density at radius 1 is 1.39 bits per heavy atom. The molecule has 1 atom stereocenters. The minimum atomic E-state index is -0.238. The van der Waals surface area contributed by atoms with E-state index < -0.39 is 0 Å². The maximum atomic E-state index is 12.9. The molecular formula is C16H24FIN4O. The zero-order valence-electron chi connectivity index (χ0n) is 13.5. The van der Waals surface area contributed by atoms with Gasteiger partial charge in [0.25, 0.3) is 0 Å². The summed E-state index contributed by atoms with van der Waals surface area (Å²) in [7, 11) is 1.71. The fourth-order valence-corrected chi connectivity index (χ4v) is 2.50. The van der Waals surface area contributed by atoms with Crippen LogP contribution in [0.1, 0.15) is 25.3 Å². The molecule has 0 aliphatic carbocycles. The number of halogens is 2. The molecule has 0 aromatic heterocycles. The lowest BCUT2D eigenvalue weighted by atomic mass is 10.2. The molecule has 1 aliphatic rings. The van der Waals surface area contributed by atoms with Crippen molar-refractivity contribution < 1.29 is 9.18 Å². The van der Waals surface area contributed by atoms with E-state index in [-0.39, 0.29) is 41.7 Å². The van der Waals surface area contributed by atoms with Gasteiger partial charge in [-0.15, -0.1) is 24.0 Å². The minimum Gasteiger partial charge on any atom is -0.352 e. The number of rotatable bonds is 4. The number of nitrogens with zero attached hydrogens (tertiary/aromatic N) is 2. The van der Waals surface area contributed by atoms with Crippen LogP contribution in [-0.2, 0) is 11.3 Å². The molecule has 1 aliphatic heterocycles. The van der Waals surface area contributed by atoms with Crippen molar-refractivity contribution in [3.05, 3.63) is 35.6 Å². The number of aliphatic imine (C=N–C) groups is 1. The minimum absolute atomic E-state index is 0. The second-order valence-corrected chi connectivity index (χ2v) is 5.38. The number of amides is 1. The standard InChI is InChI=1S/C16H23FN4O.HI/c1-3-15(22)21-9-8-14(11-21)20-16(18-2)19-10-12-4-6-13(17)7-5-12;/h4-7,14H,3,8-11H2,1-2H3,(H2,18,19,20);1H. The van der Waals surface area contributed by atoms with Gasteiger partial charge in [0, 0.05) is 39.1 Å². The maximum Gasteiger partial charge on any atom is 0.222 e. The van der Waals surface area contributed by atoms with E-state index in [4.69, 9.17) is 0 Å². The van der Waals surface area contributed by atoms with Gasteiger partial charge in [-0.1, -0.05) is 19.1 Å². The Balaban J connectivity index is 0.00000264. The van der Waals surface area contributed by atoms with Crippen molar-refractivity contribution in [2.75, 3.05) is 20.1 Å². The highest BCUT2D eigenvalue weighted by Crippen LogP contribution is 2.10. The predicted octanol–water partition coefficient (Wildman–Crippen LogP) is 2.12. The summed E-state index contributed by atoms with van der Waals surface area (Å²) in [6.07, 6.45) is 1.47. The van der Waals surface area contributed by atoms with Gasteiger partial charge < -0.3 is 15.5 Å². The number of likely N-dealkylation sites (tertiary alicyclic amines) is 1. The molecule has 2 N–H and O–H groups in total. The molecule has 1 unspecified atom stereocenters. The summed E-state index contributed by atoms with van der Waals surface area (Å²) in [6.45, 7) is 3.96. The predicted molar refractivity (Wildman–Crippen MR) is 100 cm³/mol. The Kier molecular flexibility index (Phi) is 8.29. The van der Waals surface area contributed by atoms with Crippen LogP contribution in [0.5, 0.6) is 0 Å². The number of benzene rings is 1. The highest BCUT2D eigenvalue weighted by molar-refractivity contribution is 14.0. The SMILES string of the molecule is CCC(=O)N1CCC(NC(=NC)NCc2ccc(F)cc2)C1.I. The van der Waals surface area contributed by atoms with E-state index in [0.717, 1.165) is 18.5 Å². The van der Waals surface area contributed by atoms with Crippen molar-refractivity contribution in [3.8, 4) is 0 Å². The van der Waals surface area contributed by atoms with Gasteiger partial charge in [0.2, 0.25) is 5.91 Å². The molecule has 1 amide bonds. The van der Waals surface area contributed by atoms with E-state index in [1.807, 2.05) is 11.8 Å². The first-order valence-corrected chi connectivity index (χ1v) is 7.61. The summed E-state index contributed by atoms with van der Waals surface area (Å²) in [4.78, 5) is 17.7. The van der Waals surface area contributed by atoms with Gasteiger partial charge in [0.15, 0.2) is 5.96 Å². The van der Waals surface area contributed by atoms with Crippen molar-refractivity contribution in [2.24, 2.45) is 4.99 Å². The summed E-state index contributed by atoms with van der Waals surface area (Å²) >= 11 is 0. The summed E-state index contributed by atoms with van der Waals surface area (Å²) in [5, 5.41) is 6.53. The molecule has 1 saturated heterocycles. The van der Waals surface area contributed by atoms with Crippen molar-refractivity contribution in [2.45, 2.75) is 32.4 Å². The Morgan fingerprint density at radius 2 is 2.09 bits per heavy atom. The van der Waals surface area contributed by atoms with Crippen LogP contribution in [0.15, 0.2) is 29.3 Å². The average molecular weight is 434 g/mol. The zero-order valence-corrected chi connectivity index (χ0v) is 15.8. The van der Waals surface area contributed by atoms with E-state index >= 15 is 0 Å². The van der Waals surface area contributed by atoms with Crippen LogP contribution in [0.4, 0.5) is 4.39 Å². The number of carbonyl (C=O) groups excluding carboxylic acids is 1. The van der Waals surface area contributed by atoms with E-state index in [1.54, 1.807) is 19.2 Å². The van der Waals surface area contributed by atoms with Gasteiger partial charge in [0.1, 0.15) is 5.82 Å². The number of guanidine groups is 1. The monoisotopic (exact) mass is 434 g/mol. The van der Waals surface area contributed by atoms with Gasteiger partial charge >= 0.3 is 0 Å². The number of hydrogen-bond donors (Lipinski definition) is 2. The Bertz CT molecular complexity index is 535. The second-order valence-electron chi connectivity index (χ2n) is 5.38. The van der Waals surface area contributed by atoms with E-state index in [0.29, 0.717) is 25.5 Å². The van der Waals surface area contributed by atoms with Gasteiger partial charge in [-0.3, -0.25) is 9.79 Å². The number of hydrogen-bond acceptors (Lipinski definition) is 2. The van der Waals surface area contributed by atoms with Crippen molar-refractivity contribution in [3.63, 3.8) is 0 Å². The molecule has 1 aromatic rings. The molecule has 0 radical (unpaired) electrons. The van der Waals surface area contributed by atoms with Crippen LogP contribution in [0.2, 0.25) is 0 Å². The molecule has 0 bridgehead atoms. The van der Waals surface area contributed by atoms with E-state index in [1.165, 1.54) is 12.1 Å². The molecule has 23 heavy (non-hydrogen) atoms. The Hall–Kier alpha value is -1.38. The van der Waals surface area contributed by atoms with Crippen LogP contribution >= 0.6 is 24.0 Å². The van der Waals surface area contributed by atoms with Crippen LogP contribution in [0, 0.1) is 5.82 Å². The summed E-state index contributed by atoms with van der Waals surface area (Å²) < 4.78 is 12.9. The molecule has 0 spiro atoms. The molecule has 0 saturated carbocycles. The first-order chi connectivity index (χ1) is 10.6. The van der Waals surface area contributed by atoms with Crippen LogP contribution in [0.3, 0.4) is 0 Å². The maximum absolute atomic E-state index is 12.9. The van der Waals surface area contributed by atoms with E-state index in [9.17, 15) is 9.18 Å². The summed E-state index contributed by atoms with van der Waals surface area (Å²) in [5.41, 5.74) is 0.985. The van der Waals surface area contributed by atoms with Gasteiger partial charge in [-0.05, 0) is 24.1 Å². The van der Waals surface area contributed by atoms with Gasteiger partial charge in [-0.25, -0.2) is 4.39 Å². The fraction of sp³-hybridized carbons (Fsp3) is 0.500. The lowest BCUT2D eigenvalue weighted by molar-refractivity contribution is -0.129. The molecule has 1 fully saturated rings. The van der Waals surface area contributed by atoms with Crippen LogP contribution < -0.4 is 10.6 Å². The number of nitrogens with one attached hydrogen (secondary N) is 2. The van der Waals surface area contributed by atoms with E-state index in [2.05, 4.69) is 15.6 Å². The third-order valence-corrected chi connectivity index (χ3v) is 3.78. The van der Waals surface area contributed by atoms with Crippen LogP contribution in [-0.4, -0.2) is 42.9 Å². The lowest BCUT2D eigenvalue weighted by Gasteiger charge is -2.18. The quantitative estimate of drug-likeness (QED) is 0.434. The van der Waals surface area contributed by atoms with Crippen molar-refractivity contribution in [1.29, 1.82) is 0 Å². The molecule has 128 valence electrons. The Morgan fingerprint density at radius 3 is 2.70 bits per heavy atom. The topological polar surface area (TPSA) is 56.7 Å². The molecule has 1 heterocycles. The fourth-order valence-electron chi connectivity index (χ4n) is 2.50. The van der Waals surface area contributed by atoms with Crippen molar-refractivity contribution in [1.82, 2.24) is 15.5 Å². The Labute approximate surface area is 153 Å². The number of carbonyl (C=O) groups is 1. The smallest absolute Gasteiger partial charge is 0.222 e. The van der Waals surface area contributed by atoms with Crippen LogP contribution in [0.25, 0.3) is 0 Å². The average Bonchev–Trinajstić information content (AvgIpc) is 3.00. The zero-order chi connectivity index (χ0) is 15.9. The molecular weight excluding hydrogens is 410 g/mol. The summed E-state index contributed by atoms with van der Waals surface area (Å²) in [5.74, 6) is 0.650. The second kappa shape index (κ2) is 9.69. The molecule has 2 rings (SSSR count). The highest BCUT2D eigenvalue weighted by Gasteiger charge is 2.25. The largest absolute Gasteiger partial charge is 0.352 e. The highest BCUT2D eigenvalue weighted by atomic mass is 127. The third kappa shape index (κ3) is 5.96. The van der Waals surface area contributed by atoms with Gasteiger partial charge in [0.05, 0.1) is 0 Å². The first-order valence-electron chi connectivity index (χ1n) is 7.61. The molecule has 1 aromatic carbocycles. The van der Waals surface area contributed by atoms with Crippen molar-refractivity contribution >= 4 is 35.8 Å². The lowest BCUT2D eigenvalue weighted by Crippen LogP contribution is -2.44. The molecule has 7 heteroatoms. The molecule has 5 nitrogen and oxygen atoms in total. The normalized spacial score (nSPS) is 17.6.